The third-order valence-corrected chi connectivity index (χ3v) is 4.01. The van der Waals surface area contributed by atoms with E-state index in [0.29, 0.717) is 25.3 Å². The molecule has 0 saturated heterocycles. The van der Waals surface area contributed by atoms with Crippen LogP contribution in [0.1, 0.15) is 18.2 Å². The largest absolute Gasteiger partial charge is 0.465 e. The van der Waals surface area contributed by atoms with Crippen molar-refractivity contribution >= 4 is 12.0 Å². The highest BCUT2D eigenvalue weighted by Crippen LogP contribution is 2.21. The lowest BCUT2D eigenvalue weighted by atomic mass is 10.1. The number of halogens is 1. The SMILES string of the molecule is CCOC(=O)CNC(=O)N1CCc2nc(-c3ccc(F)cc3)ncc2C1. The number of carbonyl (C=O) groups excluding carboxylic acids is 2. The van der Waals surface area contributed by atoms with Gasteiger partial charge in [0.05, 0.1) is 18.8 Å². The van der Waals surface area contributed by atoms with Gasteiger partial charge in [-0.05, 0) is 31.2 Å². The zero-order chi connectivity index (χ0) is 18.5. The summed E-state index contributed by atoms with van der Waals surface area (Å²) in [5, 5.41) is 2.55. The Kier molecular flexibility index (Phi) is 5.40. The monoisotopic (exact) mass is 358 g/mol. The van der Waals surface area contributed by atoms with Crippen molar-refractivity contribution in [3.63, 3.8) is 0 Å². The number of hydrogen-bond acceptors (Lipinski definition) is 5. The second-order valence-electron chi connectivity index (χ2n) is 5.81. The molecule has 1 aromatic carbocycles. The Morgan fingerprint density at radius 1 is 1.31 bits per heavy atom. The Labute approximate surface area is 150 Å². The molecule has 8 heteroatoms. The highest BCUT2D eigenvalue weighted by molar-refractivity contribution is 5.81. The molecule has 0 atom stereocenters. The first-order valence-corrected chi connectivity index (χ1v) is 8.36. The second-order valence-corrected chi connectivity index (χ2v) is 5.81. The number of hydrogen-bond donors (Lipinski definition) is 1. The molecule has 136 valence electrons. The van der Waals surface area contributed by atoms with E-state index in [-0.39, 0.29) is 25.0 Å². The maximum Gasteiger partial charge on any atom is 0.325 e. The van der Waals surface area contributed by atoms with Gasteiger partial charge in [0.1, 0.15) is 12.4 Å². The van der Waals surface area contributed by atoms with Crippen molar-refractivity contribution in [2.24, 2.45) is 0 Å². The van der Waals surface area contributed by atoms with Crippen molar-refractivity contribution < 1.29 is 18.7 Å². The van der Waals surface area contributed by atoms with E-state index in [4.69, 9.17) is 4.74 Å². The van der Waals surface area contributed by atoms with Crippen LogP contribution in [0.25, 0.3) is 11.4 Å². The van der Waals surface area contributed by atoms with E-state index in [1.807, 2.05) is 0 Å². The van der Waals surface area contributed by atoms with Crippen LogP contribution < -0.4 is 5.32 Å². The molecule has 1 aromatic heterocycles. The van der Waals surface area contributed by atoms with Gasteiger partial charge in [-0.25, -0.2) is 19.2 Å². The van der Waals surface area contributed by atoms with Crippen molar-refractivity contribution in [2.75, 3.05) is 19.7 Å². The van der Waals surface area contributed by atoms with E-state index < -0.39 is 5.97 Å². The van der Waals surface area contributed by atoms with Gasteiger partial charge in [0.25, 0.3) is 0 Å². The van der Waals surface area contributed by atoms with Gasteiger partial charge in [0.15, 0.2) is 5.82 Å². The van der Waals surface area contributed by atoms with Crippen molar-refractivity contribution in [1.29, 1.82) is 0 Å². The summed E-state index contributed by atoms with van der Waals surface area (Å²) >= 11 is 0. The zero-order valence-electron chi connectivity index (χ0n) is 14.4. The number of nitrogens with one attached hydrogen (secondary N) is 1. The summed E-state index contributed by atoms with van der Waals surface area (Å²) in [4.78, 5) is 33.9. The summed E-state index contributed by atoms with van der Waals surface area (Å²) in [6.45, 7) is 2.69. The number of fused-ring (bicyclic) bond motifs is 1. The van der Waals surface area contributed by atoms with Crippen LogP contribution in [-0.2, 0) is 22.5 Å². The summed E-state index contributed by atoms with van der Waals surface area (Å²) in [6.07, 6.45) is 2.27. The maximum atomic E-state index is 13.0. The molecular weight excluding hydrogens is 339 g/mol. The second kappa shape index (κ2) is 7.90. The van der Waals surface area contributed by atoms with Crippen LogP contribution in [0.5, 0.6) is 0 Å². The number of esters is 1. The fourth-order valence-corrected chi connectivity index (χ4v) is 2.70. The third kappa shape index (κ3) is 4.14. The minimum atomic E-state index is -0.467. The van der Waals surface area contributed by atoms with Gasteiger partial charge in [0, 0.05) is 30.3 Å². The number of ether oxygens (including phenoxy) is 1. The van der Waals surface area contributed by atoms with Gasteiger partial charge in [-0.3, -0.25) is 4.79 Å². The fourth-order valence-electron chi connectivity index (χ4n) is 2.70. The highest BCUT2D eigenvalue weighted by Gasteiger charge is 2.23. The number of carbonyl (C=O) groups is 2. The Hall–Kier alpha value is -3.03. The van der Waals surface area contributed by atoms with Gasteiger partial charge < -0.3 is 15.0 Å². The van der Waals surface area contributed by atoms with Crippen LogP contribution in [0.15, 0.2) is 30.5 Å². The lowest BCUT2D eigenvalue weighted by Crippen LogP contribution is -2.44. The number of benzene rings is 1. The predicted molar refractivity (Wildman–Crippen MR) is 91.6 cm³/mol. The van der Waals surface area contributed by atoms with E-state index >= 15 is 0 Å². The molecule has 0 aliphatic carbocycles. The summed E-state index contributed by atoms with van der Waals surface area (Å²) < 4.78 is 17.8. The summed E-state index contributed by atoms with van der Waals surface area (Å²) in [5.41, 5.74) is 2.46. The molecule has 0 spiro atoms. The van der Waals surface area contributed by atoms with Crippen molar-refractivity contribution in [3.05, 3.63) is 47.5 Å². The van der Waals surface area contributed by atoms with Gasteiger partial charge >= 0.3 is 12.0 Å². The molecule has 0 bridgehead atoms. The minimum absolute atomic E-state index is 0.157. The maximum absolute atomic E-state index is 13.0. The standard InChI is InChI=1S/C18H19FN4O3/c1-2-26-16(24)10-21-18(25)23-8-7-15-13(11-23)9-20-17(22-15)12-3-5-14(19)6-4-12/h3-6,9H,2,7-8,10-11H2,1H3,(H,21,25). The quantitative estimate of drug-likeness (QED) is 0.844. The van der Waals surface area contributed by atoms with Crippen LogP contribution in [0.3, 0.4) is 0 Å². The number of rotatable bonds is 4. The van der Waals surface area contributed by atoms with Crippen LogP contribution in [0.2, 0.25) is 0 Å². The first-order valence-electron chi connectivity index (χ1n) is 8.36. The third-order valence-electron chi connectivity index (χ3n) is 4.01. The average molecular weight is 358 g/mol. The molecule has 0 unspecified atom stereocenters. The van der Waals surface area contributed by atoms with Gasteiger partial charge in [-0.15, -0.1) is 0 Å². The Morgan fingerprint density at radius 3 is 2.81 bits per heavy atom. The smallest absolute Gasteiger partial charge is 0.325 e. The minimum Gasteiger partial charge on any atom is -0.465 e. The molecule has 1 aliphatic heterocycles. The normalized spacial score (nSPS) is 13.1. The van der Waals surface area contributed by atoms with E-state index in [1.165, 1.54) is 12.1 Å². The zero-order valence-corrected chi connectivity index (χ0v) is 14.4. The Morgan fingerprint density at radius 2 is 2.08 bits per heavy atom. The van der Waals surface area contributed by atoms with Crippen molar-refractivity contribution in [3.8, 4) is 11.4 Å². The molecule has 1 aliphatic rings. The number of aromatic nitrogens is 2. The fraction of sp³-hybridized carbons (Fsp3) is 0.333. The van der Waals surface area contributed by atoms with Crippen LogP contribution in [-0.4, -0.2) is 46.6 Å². The van der Waals surface area contributed by atoms with E-state index in [9.17, 15) is 14.0 Å². The van der Waals surface area contributed by atoms with Crippen molar-refractivity contribution in [2.45, 2.75) is 19.9 Å². The molecule has 26 heavy (non-hydrogen) atoms. The number of urea groups is 1. The highest BCUT2D eigenvalue weighted by atomic mass is 19.1. The molecule has 2 amide bonds. The topological polar surface area (TPSA) is 84.4 Å². The lowest BCUT2D eigenvalue weighted by Gasteiger charge is -2.28. The lowest BCUT2D eigenvalue weighted by molar-refractivity contribution is -0.141. The average Bonchev–Trinajstić information content (AvgIpc) is 2.66. The molecule has 0 saturated carbocycles. The molecule has 1 N–H and O–H groups in total. The molecule has 0 radical (unpaired) electrons. The van der Waals surface area contributed by atoms with Crippen LogP contribution >= 0.6 is 0 Å². The van der Waals surface area contributed by atoms with E-state index in [2.05, 4.69) is 15.3 Å². The first-order chi connectivity index (χ1) is 12.6. The number of amides is 2. The van der Waals surface area contributed by atoms with Crippen LogP contribution in [0.4, 0.5) is 9.18 Å². The first kappa shape index (κ1) is 17.8. The van der Waals surface area contributed by atoms with Gasteiger partial charge in [-0.2, -0.15) is 0 Å². The van der Waals surface area contributed by atoms with Crippen LogP contribution in [0, 0.1) is 5.82 Å². The number of nitrogens with zero attached hydrogens (tertiary/aromatic N) is 3. The van der Waals surface area contributed by atoms with Gasteiger partial charge in [-0.1, -0.05) is 0 Å². The molecule has 3 rings (SSSR count). The van der Waals surface area contributed by atoms with Gasteiger partial charge in [0.2, 0.25) is 0 Å². The van der Waals surface area contributed by atoms with E-state index in [0.717, 1.165) is 16.8 Å². The summed E-state index contributed by atoms with van der Waals surface area (Å²) in [7, 11) is 0. The van der Waals surface area contributed by atoms with E-state index in [1.54, 1.807) is 30.2 Å². The summed E-state index contributed by atoms with van der Waals surface area (Å²) in [6, 6.07) is 5.68. The summed E-state index contributed by atoms with van der Waals surface area (Å²) in [5.74, 6) is -0.245. The molecular formula is C18H19FN4O3. The molecule has 7 nitrogen and oxygen atoms in total. The molecule has 2 heterocycles. The predicted octanol–water partition coefficient (Wildman–Crippen LogP) is 1.91. The molecule has 2 aromatic rings. The Balaban J connectivity index is 1.65. The Bertz CT molecular complexity index is 811. The van der Waals surface area contributed by atoms with Crippen molar-refractivity contribution in [1.82, 2.24) is 20.2 Å². The molecule has 0 fully saturated rings.